The van der Waals surface area contributed by atoms with Crippen molar-refractivity contribution in [2.24, 2.45) is 16.8 Å². The summed E-state index contributed by atoms with van der Waals surface area (Å²) in [4.78, 5) is 5.36. The van der Waals surface area contributed by atoms with E-state index >= 15 is 0 Å². The Morgan fingerprint density at radius 1 is 1.27 bits per heavy atom. The lowest BCUT2D eigenvalue weighted by molar-refractivity contribution is 0.161. The molecule has 0 radical (unpaired) electrons. The maximum absolute atomic E-state index is 15.0. The third-order valence-corrected chi connectivity index (χ3v) is 8.33. The van der Waals surface area contributed by atoms with Gasteiger partial charge < -0.3 is 5.32 Å². The molecule has 2 aliphatic carbocycles. The number of hydrogen-bond donors (Lipinski definition) is 2. The van der Waals surface area contributed by atoms with Crippen molar-refractivity contribution < 1.29 is 17.2 Å². The maximum Gasteiger partial charge on any atom is 0.266 e. The highest BCUT2D eigenvalue weighted by atomic mass is 35.5. The van der Waals surface area contributed by atoms with Gasteiger partial charge in [0.2, 0.25) is 0 Å². The molecule has 4 rings (SSSR count). The zero-order chi connectivity index (χ0) is 23.8. The zero-order valence-corrected chi connectivity index (χ0v) is 20.1. The Labute approximate surface area is 198 Å². The molecule has 33 heavy (non-hydrogen) atoms. The summed E-state index contributed by atoms with van der Waals surface area (Å²) < 4.78 is 55.7. The van der Waals surface area contributed by atoms with Crippen LogP contribution in [0.5, 0.6) is 0 Å². The molecule has 1 aromatic carbocycles. The highest BCUT2D eigenvalue weighted by molar-refractivity contribution is 7.89. The number of likely N-dealkylation sites (tertiary alicyclic amines) is 1. The zero-order valence-electron chi connectivity index (χ0n) is 18.5. The van der Waals surface area contributed by atoms with Crippen molar-refractivity contribution in [1.29, 1.82) is 0 Å². The van der Waals surface area contributed by atoms with Crippen LogP contribution in [-0.2, 0) is 10.0 Å². The third-order valence-electron chi connectivity index (χ3n) is 6.65. The van der Waals surface area contributed by atoms with Crippen molar-refractivity contribution in [2.45, 2.75) is 56.0 Å². The van der Waals surface area contributed by atoms with E-state index in [0.717, 1.165) is 63.2 Å². The van der Waals surface area contributed by atoms with Gasteiger partial charge in [0.1, 0.15) is 16.5 Å². The molecule has 3 aliphatic rings. The van der Waals surface area contributed by atoms with Crippen molar-refractivity contribution in [3.63, 3.8) is 0 Å². The molecule has 2 saturated carbocycles. The summed E-state index contributed by atoms with van der Waals surface area (Å²) in [6.45, 7) is 6.75. The van der Waals surface area contributed by atoms with Gasteiger partial charge in [0.25, 0.3) is 10.0 Å². The number of halogens is 3. The lowest BCUT2D eigenvalue weighted by Gasteiger charge is -2.39. The molecule has 6 nitrogen and oxygen atoms in total. The van der Waals surface area contributed by atoms with Gasteiger partial charge in [-0.3, -0.25) is 9.62 Å². The second kappa shape index (κ2) is 9.72. The summed E-state index contributed by atoms with van der Waals surface area (Å²) in [5, 5.41) is 3.49. The monoisotopic (exact) mass is 498 g/mol. The van der Waals surface area contributed by atoms with E-state index < -0.39 is 26.7 Å². The normalized spacial score (nSPS) is 28.4. The van der Waals surface area contributed by atoms with Crippen molar-refractivity contribution in [2.75, 3.05) is 18.4 Å². The lowest BCUT2D eigenvalue weighted by atomic mass is 9.89. The average molecular weight is 499 g/mol. The van der Waals surface area contributed by atoms with E-state index in [1.165, 1.54) is 25.0 Å². The van der Waals surface area contributed by atoms with Gasteiger partial charge >= 0.3 is 0 Å². The van der Waals surface area contributed by atoms with Crippen LogP contribution in [0.1, 0.15) is 39.0 Å². The smallest absolute Gasteiger partial charge is 0.266 e. The number of aliphatic imine (C=N–C) groups is 1. The van der Waals surface area contributed by atoms with E-state index in [0.29, 0.717) is 11.7 Å². The third kappa shape index (κ3) is 5.58. The van der Waals surface area contributed by atoms with E-state index in [9.17, 15) is 17.2 Å². The molecule has 1 heterocycles. The topological polar surface area (TPSA) is 73.8 Å². The molecule has 0 aromatic heterocycles. The second-order valence-electron chi connectivity index (χ2n) is 9.08. The predicted octanol–water partition coefficient (Wildman–Crippen LogP) is 4.85. The van der Waals surface area contributed by atoms with Gasteiger partial charge in [0.15, 0.2) is 5.97 Å². The first-order valence-electron chi connectivity index (χ1n) is 11.2. The standard InChI is InChI=1S/C23H29ClF2N4O2S/c1-3-6-23(27-14(2)25)29-33(31,32)22-10-17(24)20(11-18(22)26)28-19-7-4-5-8-21(19)30-12-15-9-16(15)13-30/h3,6,10-11,15-16,19,21,28-29H,1,4-5,7-9,12-13H2,2H3/b23-6+,27-14?/t15?,16?,19-,21-/m0/s1. The Hall–Kier alpha value is -1.97. The van der Waals surface area contributed by atoms with Crippen LogP contribution in [0.25, 0.3) is 0 Å². The van der Waals surface area contributed by atoms with Gasteiger partial charge in [-0.25, -0.2) is 17.8 Å². The first kappa shape index (κ1) is 24.2. The largest absolute Gasteiger partial charge is 0.379 e. The maximum atomic E-state index is 15.0. The van der Waals surface area contributed by atoms with Crippen LogP contribution in [0.15, 0.2) is 46.6 Å². The summed E-state index contributed by atoms with van der Waals surface area (Å²) >= 11 is 6.39. The van der Waals surface area contributed by atoms with Crippen molar-refractivity contribution >= 4 is 33.3 Å². The van der Waals surface area contributed by atoms with Crippen molar-refractivity contribution in [1.82, 2.24) is 9.62 Å². The number of hydrogen-bond acceptors (Lipinski definition) is 5. The number of nitrogens with zero attached hydrogens (tertiary/aromatic N) is 2. The first-order chi connectivity index (χ1) is 15.7. The number of allylic oxidation sites excluding steroid dienone is 2. The van der Waals surface area contributed by atoms with Gasteiger partial charge in [-0.05, 0) is 49.3 Å². The van der Waals surface area contributed by atoms with Crippen LogP contribution < -0.4 is 10.0 Å². The van der Waals surface area contributed by atoms with Gasteiger partial charge in [0.05, 0.1) is 10.7 Å². The molecule has 0 spiro atoms. The molecule has 1 saturated heterocycles. The van der Waals surface area contributed by atoms with Crippen LogP contribution in [0.2, 0.25) is 5.02 Å². The molecular formula is C23H29ClF2N4O2S. The number of fused-ring (bicyclic) bond motifs is 1. The number of nitrogens with one attached hydrogen (secondary N) is 2. The Morgan fingerprint density at radius 3 is 2.64 bits per heavy atom. The summed E-state index contributed by atoms with van der Waals surface area (Å²) in [6.07, 6.45) is 8.03. The van der Waals surface area contributed by atoms with Crippen LogP contribution in [0, 0.1) is 17.7 Å². The molecule has 1 aliphatic heterocycles. The van der Waals surface area contributed by atoms with Crippen LogP contribution in [-0.4, -0.2) is 44.5 Å². The Balaban J connectivity index is 1.53. The second-order valence-corrected chi connectivity index (χ2v) is 11.1. The number of anilines is 1. The fraction of sp³-hybridized carbons (Fsp3) is 0.522. The van der Waals surface area contributed by atoms with Crippen molar-refractivity contribution in [3.05, 3.63) is 47.5 Å². The van der Waals surface area contributed by atoms with E-state index in [1.807, 2.05) is 0 Å². The quantitative estimate of drug-likeness (QED) is 0.397. The average Bonchev–Trinajstić information content (AvgIpc) is 3.35. The molecule has 2 N–H and O–H groups in total. The predicted molar refractivity (Wildman–Crippen MR) is 127 cm³/mol. The number of rotatable bonds is 8. The molecule has 2 unspecified atom stereocenters. The van der Waals surface area contributed by atoms with Crippen LogP contribution in [0.4, 0.5) is 14.5 Å². The summed E-state index contributed by atoms with van der Waals surface area (Å²) in [5.41, 5.74) is 0.369. The Morgan fingerprint density at radius 2 is 1.97 bits per heavy atom. The van der Waals surface area contributed by atoms with E-state index in [-0.39, 0.29) is 16.9 Å². The van der Waals surface area contributed by atoms with E-state index in [1.54, 1.807) is 0 Å². The molecule has 3 fully saturated rings. The summed E-state index contributed by atoms with van der Waals surface area (Å²) in [5.74, 6) is -0.479. The summed E-state index contributed by atoms with van der Waals surface area (Å²) in [7, 11) is -4.39. The van der Waals surface area contributed by atoms with Gasteiger partial charge in [-0.1, -0.05) is 37.1 Å². The highest BCUT2D eigenvalue weighted by Crippen LogP contribution is 2.47. The fourth-order valence-electron chi connectivity index (χ4n) is 5.03. The number of benzene rings is 1. The minimum atomic E-state index is -4.39. The summed E-state index contributed by atoms with van der Waals surface area (Å²) in [6, 6.07) is 2.67. The molecule has 0 bridgehead atoms. The molecule has 0 amide bonds. The van der Waals surface area contributed by atoms with Gasteiger partial charge in [-0.2, -0.15) is 4.39 Å². The van der Waals surface area contributed by atoms with Gasteiger partial charge in [-0.15, -0.1) is 0 Å². The molecule has 10 heteroatoms. The fourth-order valence-corrected chi connectivity index (χ4v) is 6.40. The Bertz CT molecular complexity index is 1080. The molecule has 1 aromatic rings. The Kier molecular flexibility index (Phi) is 7.12. The molecule has 4 atom stereocenters. The lowest BCUT2D eigenvalue weighted by Crippen LogP contribution is -2.48. The van der Waals surface area contributed by atoms with E-state index in [4.69, 9.17) is 11.6 Å². The highest BCUT2D eigenvalue weighted by Gasteiger charge is 2.48. The first-order valence-corrected chi connectivity index (χ1v) is 13.1. The minimum Gasteiger partial charge on any atom is -0.379 e. The van der Waals surface area contributed by atoms with Gasteiger partial charge in [0, 0.05) is 32.1 Å². The molecule has 180 valence electrons. The number of piperidine rings is 1. The van der Waals surface area contributed by atoms with E-state index in [2.05, 4.69) is 26.5 Å². The van der Waals surface area contributed by atoms with Crippen molar-refractivity contribution in [3.8, 4) is 0 Å². The van der Waals surface area contributed by atoms with Crippen LogP contribution in [0.3, 0.4) is 0 Å². The molecular weight excluding hydrogens is 470 g/mol. The SMILES string of the molecule is C=C/C=C(\N=C(C)F)NS(=O)(=O)c1cc(Cl)c(N[C@H]2CCCC[C@@H]2N2CC3CC3C2)cc1F. The number of sulfonamides is 1. The van der Waals surface area contributed by atoms with Crippen LogP contribution >= 0.6 is 11.6 Å². The minimum absolute atomic E-state index is 0.102.